The number of nitrogens with two attached hydrogens (primary N) is 2. The van der Waals surface area contributed by atoms with Crippen LogP contribution in [0.3, 0.4) is 0 Å². The van der Waals surface area contributed by atoms with Crippen LogP contribution >= 0.6 is 22.6 Å². The number of hydrogen-bond acceptors (Lipinski definition) is 2. The van der Waals surface area contributed by atoms with Crippen molar-refractivity contribution in [1.82, 2.24) is 0 Å². The quantitative estimate of drug-likeness (QED) is 0.476. The highest BCUT2D eigenvalue weighted by molar-refractivity contribution is 14.1. The Labute approximate surface area is 94.8 Å². The van der Waals surface area contributed by atoms with Gasteiger partial charge in [0.1, 0.15) is 0 Å². The van der Waals surface area contributed by atoms with Gasteiger partial charge in [-0.3, -0.25) is 0 Å². The van der Waals surface area contributed by atoms with E-state index in [4.69, 9.17) is 11.5 Å². The van der Waals surface area contributed by atoms with E-state index in [1.54, 1.807) is 36.4 Å². The molecule has 0 heterocycles. The first kappa shape index (κ1) is 11.5. The van der Waals surface area contributed by atoms with E-state index in [9.17, 15) is 8.78 Å². The molecule has 0 atom stereocenters. The molecule has 0 radical (unpaired) electrons. The Hall–Kier alpha value is -0.590. The first-order valence-corrected chi connectivity index (χ1v) is 5.17. The van der Waals surface area contributed by atoms with Crippen molar-refractivity contribution in [2.24, 2.45) is 0 Å². The molecule has 0 fully saturated rings. The number of rotatable bonds is 1. The number of hydrogen-bond donors (Lipinski definition) is 2. The zero-order chi connectivity index (χ0) is 11.0. The second-order valence-corrected chi connectivity index (χ2v) is 4.42. The monoisotopic (exact) mass is 312 g/mol. The molecule has 4 N–H and O–H groups in total. The van der Waals surface area contributed by atoms with Gasteiger partial charge < -0.3 is 11.5 Å². The van der Waals surface area contributed by atoms with E-state index >= 15 is 0 Å². The molecular weight excluding hydrogens is 301 g/mol. The van der Waals surface area contributed by atoms with E-state index in [1.807, 2.05) is 0 Å². The van der Waals surface area contributed by atoms with Crippen molar-refractivity contribution >= 4 is 34.0 Å². The largest absolute Gasteiger partial charge is 0.396 e. The van der Waals surface area contributed by atoms with Crippen molar-refractivity contribution in [2.45, 2.75) is 19.8 Å². The summed E-state index contributed by atoms with van der Waals surface area (Å²) in [5.74, 6) is -1.43. The molecule has 0 bridgehead atoms. The van der Waals surface area contributed by atoms with Gasteiger partial charge in [0.25, 0.3) is 0 Å². The van der Waals surface area contributed by atoms with Crippen molar-refractivity contribution in [3.8, 4) is 0 Å². The van der Waals surface area contributed by atoms with Crippen molar-refractivity contribution in [3.05, 3.63) is 20.8 Å². The fourth-order valence-electron chi connectivity index (χ4n) is 1.28. The van der Waals surface area contributed by atoms with Crippen molar-refractivity contribution in [1.29, 1.82) is 0 Å². The molecule has 1 aromatic carbocycles. The van der Waals surface area contributed by atoms with Gasteiger partial charge >= 0.3 is 0 Å². The molecule has 0 saturated carbocycles. The lowest BCUT2D eigenvalue weighted by Gasteiger charge is -2.14. The van der Waals surface area contributed by atoms with Gasteiger partial charge in [0.15, 0.2) is 11.6 Å². The Kier molecular flexibility index (Phi) is 3.18. The summed E-state index contributed by atoms with van der Waals surface area (Å²) < 4.78 is 27.0. The predicted molar refractivity (Wildman–Crippen MR) is 62.0 cm³/mol. The number of halogens is 3. The molecule has 0 unspecified atom stereocenters. The molecule has 0 aromatic heterocycles. The Morgan fingerprint density at radius 3 is 2.00 bits per heavy atom. The number of anilines is 2. The summed E-state index contributed by atoms with van der Waals surface area (Å²) in [6.07, 6.45) is 0. The summed E-state index contributed by atoms with van der Waals surface area (Å²) in [6.45, 7) is 3.47. The second kappa shape index (κ2) is 3.88. The van der Waals surface area contributed by atoms with E-state index < -0.39 is 11.6 Å². The highest BCUT2D eigenvalue weighted by atomic mass is 127. The van der Waals surface area contributed by atoms with Crippen LogP contribution in [0.25, 0.3) is 0 Å². The van der Waals surface area contributed by atoms with Gasteiger partial charge in [-0.15, -0.1) is 0 Å². The SMILES string of the molecule is CC(C)c1c(N)c(F)c(I)c(N)c1F. The van der Waals surface area contributed by atoms with Crippen LogP contribution in [-0.4, -0.2) is 0 Å². The van der Waals surface area contributed by atoms with Crippen molar-refractivity contribution < 1.29 is 8.78 Å². The maximum absolute atomic E-state index is 13.6. The van der Waals surface area contributed by atoms with Crippen molar-refractivity contribution in [3.63, 3.8) is 0 Å². The maximum atomic E-state index is 13.6. The lowest BCUT2D eigenvalue weighted by Crippen LogP contribution is -2.09. The standard InChI is InChI=1S/C9H11F2IN2/c1-3(2)4-5(10)9(14)7(12)6(11)8(4)13/h3H,13-14H2,1-2H3. The van der Waals surface area contributed by atoms with Crippen LogP contribution in [0.15, 0.2) is 0 Å². The minimum Gasteiger partial charge on any atom is -0.396 e. The molecular formula is C9H11F2IN2. The second-order valence-electron chi connectivity index (χ2n) is 3.34. The zero-order valence-electron chi connectivity index (χ0n) is 7.87. The van der Waals surface area contributed by atoms with Gasteiger partial charge in [0, 0.05) is 5.56 Å². The van der Waals surface area contributed by atoms with Crippen LogP contribution in [0.4, 0.5) is 20.2 Å². The average Bonchev–Trinajstić information content (AvgIpc) is 2.11. The molecule has 0 amide bonds. The maximum Gasteiger partial charge on any atom is 0.161 e. The molecule has 1 aromatic rings. The predicted octanol–water partition coefficient (Wildman–Crippen LogP) is 2.86. The van der Waals surface area contributed by atoms with Crippen LogP contribution < -0.4 is 11.5 Å². The van der Waals surface area contributed by atoms with E-state index in [1.165, 1.54) is 0 Å². The molecule has 1 rings (SSSR count). The molecule has 5 heteroatoms. The molecule has 0 aliphatic carbocycles. The lowest BCUT2D eigenvalue weighted by molar-refractivity contribution is 0.580. The minimum absolute atomic E-state index is 0.0435. The fraction of sp³-hybridized carbons (Fsp3) is 0.333. The normalized spacial score (nSPS) is 11.0. The van der Waals surface area contributed by atoms with Gasteiger partial charge in [-0.2, -0.15) is 0 Å². The van der Waals surface area contributed by atoms with Crippen LogP contribution in [0.2, 0.25) is 0 Å². The Bertz CT molecular complexity index is 349. The average molecular weight is 312 g/mol. The molecule has 0 aliphatic heterocycles. The van der Waals surface area contributed by atoms with Crippen molar-refractivity contribution in [2.75, 3.05) is 11.5 Å². The third-order valence-electron chi connectivity index (χ3n) is 2.01. The van der Waals surface area contributed by atoms with E-state index in [0.717, 1.165) is 0 Å². The molecule has 78 valence electrons. The summed E-state index contributed by atoms with van der Waals surface area (Å²) in [6, 6.07) is 0. The topological polar surface area (TPSA) is 52.0 Å². The number of benzene rings is 1. The Balaban J connectivity index is 3.60. The van der Waals surface area contributed by atoms with Crippen LogP contribution in [0, 0.1) is 15.2 Å². The third-order valence-corrected chi connectivity index (χ3v) is 3.06. The molecule has 0 spiro atoms. The summed E-state index contributed by atoms with van der Waals surface area (Å²) in [4.78, 5) is 0. The van der Waals surface area contributed by atoms with E-state index in [2.05, 4.69) is 0 Å². The summed E-state index contributed by atoms with van der Waals surface area (Å²) in [5.41, 5.74) is 10.7. The van der Waals surface area contributed by atoms with Gasteiger partial charge in [-0.25, -0.2) is 8.78 Å². The zero-order valence-corrected chi connectivity index (χ0v) is 10.0. The lowest BCUT2D eigenvalue weighted by atomic mass is 9.99. The fourth-order valence-corrected chi connectivity index (χ4v) is 1.81. The van der Waals surface area contributed by atoms with Gasteiger partial charge in [-0.05, 0) is 28.5 Å². The van der Waals surface area contributed by atoms with Gasteiger partial charge in [-0.1, -0.05) is 13.8 Å². The summed E-state index contributed by atoms with van der Waals surface area (Å²) in [7, 11) is 0. The minimum atomic E-state index is -0.631. The van der Waals surface area contributed by atoms with Gasteiger partial charge in [0.05, 0.1) is 14.9 Å². The molecule has 0 saturated heterocycles. The van der Waals surface area contributed by atoms with Crippen LogP contribution in [0.1, 0.15) is 25.3 Å². The van der Waals surface area contributed by atoms with Gasteiger partial charge in [0.2, 0.25) is 0 Å². The highest BCUT2D eigenvalue weighted by Crippen LogP contribution is 2.34. The Morgan fingerprint density at radius 2 is 1.57 bits per heavy atom. The molecule has 2 nitrogen and oxygen atoms in total. The number of nitrogen functional groups attached to an aromatic ring is 2. The summed E-state index contributed by atoms with van der Waals surface area (Å²) >= 11 is 1.64. The van der Waals surface area contributed by atoms with E-state index in [-0.39, 0.29) is 26.4 Å². The summed E-state index contributed by atoms with van der Waals surface area (Å²) in [5, 5.41) is 0. The first-order valence-electron chi connectivity index (χ1n) is 4.09. The van der Waals surface area contributed by atoms with Crippen LogP contribution in [0.5, 0.6) is 0 Å². The first-order chi connectivity index (χ1) is 6.37. The van der Waals surface area contributed by atoms with Crippen LogP contribution in [-0.2, 0) is 0 Å². The highest BCUT2D eigenvalue weighted by Gasteiger charge is 2.21. The van der Waals surface area contributed by atoms with E-state index in [0.29, 0.717) is 0 Å². The Morgan fingerprint density at radius 1 is 1.07 bits per heavy atom. The third kappa shape index (κ3) is 1.65. The molecule has 14 heavy (non-hydrogen) atoms. The smallest absolute Gasteiger partial charge is 0.161 e. The molecule has 0 aliphatic rings.